The molecule has 1 heterocycles. The Bertz CT molecular complexity index is 309. The van der Waals surface area contributed by atoms with Gasteiger partial charge in [0.05, 0.1) is 5.92 Å². The van der Waals surface area contributed by atoms with Gasteiger partial charge in [-0.1, -0.05) is 26.7 Å². The zero-order valence-corrected chi connectivity index (χ0v) is 12.6. The number of amides is 1. The molecule has 0 aromatic carbocycles. The van der Waals surface area contributed by atoms with Crippen LogP contribution in [0.15, 0.2) is 0 Å². The molecule has 1 amide bonds. The van der Waals surface area contributed by atoms with Crippen LogP contribution in [-0.4, -0.2) is 36.7 Å². The molecule has 0 spiro atoms. The zero-order chi connectivity index (χ0) is 15.0. The van der Waals surface area contributed by atoms with E-state index in [0.717, 1.165) is 25.7 Å². The van der Waals surface area contributed by atoms with Gasteiger partial charge >= 0.3 is 5.97 Å². The smallest absolute Gasteiger partial charge is 0.308 e. The largest absolute Gasteiger partial charge is 0.481 e. The Labute approximate surface area is 121 Å². The summed E-state index contributed by atoms with van der Waals surface area (Å²) in [5.74, 6) is -0.850. The van der Waals surface area contributed by atoms with Crippen LogP contribution in [-0.2, 0) is 14.3 Å². The van der Waals surface area contributed by atoms with Gasteiger partial charge in [0, 0.05) is 26.2 Å². The molecule has 0 radical (unpaired) electrons. The summed E-state index contributed by atoms with van der Waals surface area (Å²) in [5, 5.41) is 12.1. The third kappa shape index (κ3) is 5.49. The monoisotopic (exact) mass is 285 g/mol. The average Bonchev–Trinajstić information content (AvgIpc) is 2.45. The maximum atomic E-state index is 11.9. The van der Waals surface area contributed by atoms with Gasteiger partial charge in [0.1, 0.15) is 0 Å². The molecule has 1 saturated heterocycles. The van der Waals surface area contributed by atoms with Gasteiger partial charge in [0.25, 0.3) is 0 Å². The quantitative estimate of drug-likeness (QED) is 0.715. The average molecular weight is 285 g/mol. The van der Waals surface area contributed by atoms with E-state index in [1.165, 1.54) is 0 Å². The molecule has 2 N–H and O–H groups in total. The SMILES string of the molecule is CCC(CC)CC(=O)NCC(C(=O)O)C1CCOCC1. The number of hydrogen-bond donors (Lipinski definition) is 2. The number of hydrogen-bond acceptors (Lipinski definition) is 3. The van der Waals surface area contributed by atoms with E-state index in [1.54, 1.807) is 0 Å². The summed E-state index contributed by atoms with van der Waals surface area (Å²) in [7, 11) is 0. The van der Waals surface area contributed by atoms with E-state index in [0.29, 0.717) is 25.6 Å². The highest BCUT2D eigenvalue weighted by molar-refractivity contribution is 5.77. The van der Waals surface area contributed by atoms with Crippen molar-refractivity contribution in [2.45, 2.75) is 46.0 Å². The fourth-order valence-corrected chi connectivity index (χ4v) is 2.71. The van der Waals surface area contributed by atoms with Crippen LogP contribution in [0.1, 0.15) is 46.0 Å². The van der Waals surface area contributed by atoms with Gasteiger partial charge in [-0.3, -0.25) is 9.59 Å². The molecule has 1 rings (SSSR count). The number of rotatable bonds is 8. The van der Waals surface area contributed by atoms with E-state index in [9.17, 15) is 14.7 Å². The van der Waals surface area contributed by atoms with Crippen molar-refractivity contribution in [3.8, 4) is 0 Å². The predicted molar refractivity (Wildman–Crippen MR) is 76.4 cm³/mol. The lowest BCUT2D eigenvalue weighted by molar-refractivity contribution is -0.145. The van der Waals surface area contributed by atoms with Crippen molar-refractivity contribution in [3.63, 3.8) is 0 Å². The standard InChI is InChI=1S/C15H27NO4/c1-3-11(4-2)9-14(17)16-10-13(15(18)19)12-5-7-20-8-6-12/h11-13H,3-10H2,1-2H3,(H,16,17)(H,18,19). The maximum Gasteiger partial charge on any atom is 0.308 e. The van der Waals surface area contributed by atoms with Gasteiger partial charge in [-0.05, 0) is 24.7 Å². The van der Waals surface area contributed by atoms with Crippen molar-refractivity contribution >= 4 is 11.9 Å². The van der Waals surface area contributed by atoms with Crippen LogP contribution in [0.3, 0.4) is 0 Å². The first-order chi connectivity index (χ1) is 9.58. The topological polar surface area (TPSA) is 75.6 Å². The molecule has 0 saturated carbocycles. The summed E-state index contributed by atoms with van der Waals surface area (Å²) in [4.78, 5) is 23.2. The first-order valence-electron chi connectivity index (χ1n) is 7.65. The van der Waals surface area contributed by atoms with Crippen LogP contribution in [0.4, 0.5) is 0 Å². The van der Waals surface area contributed by atoms with E-state index in [-0.39, 0.29) is 18.4 Å². The normalized spacial score (nSPS) is 17.9. The lowest BCUT2D eigenvalue weighted by atomic mass is 9.86. The van der Waals surface area contributed by atoms with Crippen molar-refractivity contribution < 1.29 is 19.4 Å². The Kier molecular flexibility index (Phi) is 7.59. The fourth-order valence-electron chi connectivity index (χ4n) is 2.71. The van der Waals surface area contributed by atoms with Crippen molar-refractivity contribution in [2.24, 2.45) is 17.8 Å². The van der Waals surface area contributed by atoms with E-state index < -0.39 is 11.9 Å². The third-order valence-corrected chi connectivity index (χ3v) is 4.30. The Morgan fingerprint density at radius 2 is 1.85 bits per heavy atom. The number of carboxylic acids is 1. The second-order valence-electron chi connectivity index (χ2n) is 5.59. The molecule has 0 aromatic rings. The van der Waals surface area contributed by atoms with Crippen molar-refractivity contribution in [1.82, 2.24) is 5.32 Å². The molecule has 20 heavy (non-hydrogen) atoms. The van der Waals surface area contributed by atoms with Gasteiger partial charge in [-0.15, -0.1) is 0 Å². The summed E-state index contributed by atoms with van der Waals surface area (Å²) in [6, 6.07) is 0. The minimum atomic E-state index is -0.820. The van der Waals surface area contributed by atoms with Crippen LogP contribution in [0, 0.1) is 17.8 Å². The van der Waals surface area contributed by atoms with Gasteiger partial charge in [0.2, 0.25) is 5.91 Å². The Morgan fingerprint density at radius 3 is 2.35 bits per heavy atom. The number of aliphatic carboxylic acids is 1. The van der Waals surface area contributed by atoms with Gasteiger partial charge < -0.3 is 15.2 Å². The highest BCUT2D eigenvalue weighted by Gasteiger charge is 2.30. The van der Waals surface area contributed by atoms with E-state index in [1.807, 2.05) is 0 Å². The van der Waals surface area contributed by atoms with Crippen LogP contribution in [0.25, 0.3) is 0 Å². The second-order valence-corrected chi connectivity index (χ2v) is 5.59. The van der Waals surface area contributed by atoms with Gasteiger partial charge in [-0.25, -0.2) is 0 Å². The zero-order valence-electron chi connectivity index (χ0n) is 12.6. The molecule has 116 valence electrons. The summed E-state index contributed by atoms with van der Waals surface area (Å²) in [6.45, 7) is 5.62. The first-order valence-corrected chi connectivity index (χ1v) is 7.65. The minimum absolute atomic E-state index is 0.0305. The molecule has 5 nitrogen and oxygen atoms in total. The highest BCUT2D eigenvalue weighted by atomic mass is 16.5. The summed E-state index contributed by atoms with van der Waals surface area (Å²) < 4.78 is 5.26. The Morgan fingerprint density at radius 1 is 1.25 bits per heavy atom. The number of carboxylic acid groups (broad SMARTS) is 1. The molecule has 0 aromatic heterocycles. The third-order valence-electron chi connectivity index (χ3n) is 4.30. The Hall–Kier alpha value is -1.10. The molecule has 5 heteroatoms. The molecule has 1 aliphatic rings. The molecule has 0 bridgehead atoms. The van der Waals surface area contributed by atoms with Crippen LogP contribution in [0.2, 0.25) is 0 Å². The summed E-state index contributed by atoms with van der Waals surface area (Å²) in [6.07, 6.45) is 3.98. The van der Waals surface area contributed by atoms with Crippen LogP contribution < -0.4 is 5.32 Å². The predicted octanol–water partition coefficient (Wildman–Crippen LogP) is 2.06. The molecular formula is C15H27NO4. The van der Waals surface area contributed by atoms with E-state index >= 15 is 0 Å². The maximum absolute atomic E-state index is 11.9. The lowest BCUT2D eigenvalue weighted by Gasteiger charge is -2.27. The van der Waals surface area contributed by atoms with Crippen LogP contribution >= 0.6 is 0 Å². The number of carbonyl (C=O) groups excluding carboxylic acids is 1. The van der Waals surface area contributed by atoms with E-state index in [4.69, 9.17) is 4.74 Å². The summed E-state index contributed by atoms with van der Waals surface area (Å²) in [5.41, 5.74) is 0. The summed E-state index contributed by atoms with van der Waals surface area (Å²) >= 11 is 0. The van der Waals surface area contributed by atoms with Crippen molar-refractivity contribution in [1.29, 1.82) is 0 Å². The molecule has 1 aliphatic heterocycles. The number of nitrogens with one attached hydrogen (secondary N) is 1. The van der Waals surface area contributed by atoms with E-state index in [2.05, 4.69) is 19.2 Å². The highest BCUT2D eigenvalue weighted by Crippen LogP contribution is 2.24. The second kappa shape index (κ2) is 8.95. The van der Waals surface area contributed by atoms with Gasteiger partial charge in [0.15, 0.2) is 0 Å². The lowest BCUT2D eigenvalue weighted by Crippen LogP contribution is -2.39. The fraction of sp³-hybridized carbons (Fsp3) is 0.867. The van der Waals surface area contributed by atoms with Crippen LogP contribution in [0.5, 0.6) is 0 Å². The molecular weight excluding hydrogens is 258 g/mol. The number of ether oxygens (including phenoxy) is 1. The molecule has 1 fully saturated rings. The molecule has 1 unspecified atom stereocenters. The number of carbonyl (C=O) groups is 2. The minimum Gasteiger partial charge on any atom is -0.481 e. The molecule has 0 aliphatic carbocycles. The van der Waals surface area contributed by atoms with Gasteiger partial charge in [-0.2, -0.15) is 0 Å². The van der Waals surface area contributed by atoms with Crippen molar-refractivity contribution in [2.75, 3.05) is 19.8 Å². The first kappa shape index (κ1) is 17.0. The molecule has 1 atom stereocenters. The van der Waals surface area contributed by atoms with Crippen molar-refractivity contribution in [3.05, 3.63) is 0 Å². The Balaban J connectivity index is 2.42.